The Morgan fingerprint density at radius 2 is 0.333 bits per heavy atom. The number of hydrogen-bond acceptors (Lipinski definition) is 1. The molecule has 0 aliphatic heterocycles. The number of hydrogen-bond donors (Lipinski definition) is 0. The fourth-order valence-corrected chi connectivity index (χ4v) is 15.0. The van der Waals surface area contributed by atoms with E-state index in [1.165, 1.54) is 240 Å². The van der Waals surface area contributed by atoms with E-state index in [0.29, 0.717) is 0 Å². The molecule has 1 nitrogen and oxygen atoms in total. The largest absolute Gasteiger partial charge is 0.457 e. The van der Waals surface area contributed by atoms with Crippen LogP contribution in [0.25, 0.3) is 98.4 Å². The van der Waals surface area contributed by atoms with E-state index in [-0.39, 0.29) is 0 Å². The molecule has 0 aliphatic carbocycles. The molecule has 0 saturated carbocycles. The molecular formula is C46H56B28O. The highest BCUT2D eigenvalue weighted by molar-refractivity contribution is 6.78. The molecule has 0 N–H and O–H groups in total. The molecule has 1 aromatic heterocycles. The van der Waals surface area contributed by atoms with Gasteiger partial charge in [-0.3, -0.25) is 0 Å². The number of rotatable bonds is 3. The van der Waals surface area contributed by atoms with Crippen molar-refractivity contribution in [2.75, 3.05) is 0 Å². The van der Waals surface area contributed by atoms with Gasteiger partial charge in [-0.25, -0.2) is 0 Å². The second kappa shape index (κ2) is 18.1. The lowest BCUT2D eigenvalue weighted by Crippen LogP contribution is -2.52. The summed E-state index contributed by atoms with van der Waals surface area (Å²) in [5, 5.41) is 13.8. The van der Waals surface area contributed by atoms with Crippen LogP contribution in [0.3, 0.4) is 0 Å². The van der Waals surface area contributed by atoms with E-state index in [2.05, 4.69) is 220 Å². The van der Waals surface area contributed by atoms with Crippen LogP contribution < -0.4 is 153 Å². The fraction of sp³-hybridized carbons (Fsp3) is 0. The average Bonchev–Trinajstić information content (AvgIpc) is 3.80. The van der Waals surface area contributed by atoms with Crippen LogP contribution in [-0.2, 0) is 0 Å². The van der Waals surface area contributed by atoms with Gasteiger partial charge in [-0.05, 0) is 76.5 Å². The van der Waals surface area contributed by atoms with Crippen LogP contribution in [-0.4, -0.2) is 220 Å². The second-order valence-electron chi connectivity index (χ2n) is 24.3. The van der Waals surface area contributed by atoms with Gasteiger partial charge in [0.25, 0.3) is 0 Å². The molecule has 10 aromatic rings. The minimum Gasteiger partial charge on any atom is -0.457 e. The Balaban J connectivity index is 1.54. The first-order chi connectivity index (χ1) is 35.0. The summed E-state index contributed by atoms with van der Waals surface area (Å²) in [5.74, 6) is 0. The molecule has 29 heteroatoms. The molecule has 0 atom stereocenters. The van der Waals surface area contributed by atoms with Crippen LogP contribution in [0.15, 0.2) is 4.42 Å². The lowest BCUT2D eigenvalue weighted by atomic mass is 9.55. The Morgan fingerprint density at radius 1 is 0.120 bits per heavy atom. The van der Waals surface area contributed by atoms with Gasteiger partial charge in [-0.15, -0.1) is 49.2 Å². The molecule has 0 bridgehead atoms. The zero-order valence-corrected chi connectivity index (χ0v) is 51.4. The number of furan rings is 1. The van der Waals surface area contributed by atoms with Gasteiger partial charge < -0.3 is 4.42 Å². The first-order valence-corrected chi connectivity index (χ1v) is 27.9. The normalized spacial score (nSPS) is 11.9. The van der Waals surface area contributed by atoms with Crippen LogP contribution in [0.4, 0.5) is 0 Å². The summed E-state index contributed by atoms with van der Waals surface area (Å²) in [6, 6.07) is 0. The van der Waals surface area contributed by atoms with Crippen molar-refractivity contribution in [3.63, 3.8) is 0 Å². The molecule has 0 aliphatic rings. The maximum absolute atomic E-state index is 7.27. The van der Waals surface area contributed by atoms with Gasteiger partial charge in [0.15, 0.2) is 0 Å². The quantitative estimate of drug-likeness (QED) is 0.0978. The fourth-order valence-electron chi connectivity index (χ4n) is 15.0. The SMILES string of the molecule is Bc1c(B)c(-c2c3c(B)c(B)c(B)c(B)c3c(-c3c(B)c(B)c(B)c4oc5c(B)c(B)c(B)c(B)c5c34)c3c(B)c(B)c(B)c(B)c23)c(B)c(-c2c(B)c(B)c(B)c3c(B)c(B)c4c(B)c(B)c(B)c(B)c4c23)c1B. The van der Waals surface area contributed by atoms with Gasteiger partial charge in [0.1, 0.15) is 231 Å². The Hall–Kier alpha value is -4.36. The van der Waals surface area contributed by atoms with Crippen molar-refractivity contribution in [2.45, 2.75) is 0 Å². The third kappa shape index (κ3) is 6.85. The Morgan fingerprint density at radius 3 is 0.733 bits per heavy atom. The predicted octanol–water partition coefficient (Wildman–Crippen LogP) is -35.6. The molecule has 330 valence electrons. The molecule has 0 saturated heterocycles. The summed E-state index contributed by atoms with van der Waals surface area (Å²) in [6.45, 7) is 0. The molecule has 0 radical (unpaired) electrons. The summed E-state index contributed by atoms with van der Waals surface area (Å²) in [7, 11) is 66.6. The highest BCUT2D eigenvalue weighted by Gasteiger charge is 2.33. The monoisotopic (exact) mass is 933 g/mol. The van der Waals surface area contributed by atoms with Gasteiger partial charge in [-0.2, -0.15) is 0 Å². The molecule has 0 spiro atoms. The first kappa shape index (κ1) is 54.0. The first-order valence-electron chi connectivity index (χ1n) is 27.9. The van der Waals surface area contributed by atoms with E-state index < -0.39 is 0 Å². The summed E-state index contributed by atoms with van der Waals surface area (Å²) in [6.07, 6.45) is 0. The molecule has 0 amide bonds. The molecular weight excluding hydrogens is 871 g/mol. The zero-order chi connectivity index (χ0) is 55.3. The van der Waals surface area contributed by atoms with Gasteiger partial charge in [0.2, 0.25) is 0 Å². The van der Waals surface area contributed by atoms with Gasteiger partial charge >= 0.3 is 0 Å². The number of benzene rings is 9. The van der Waals surface area contributed by atoms with Crippen molar-refractivity contribution in [1.29, 1.82) is 0 Å². The second-order valence-corrected chi connectivity index (χ2v) is 24.3. The van der Waals surface area contributed by atoms with E-state index in [4.69, 9.17) is 4.42 Å². The summed E-state index contributed by atoms with van der Waals surface area (Å²) < 4.78 is 7.27. The molecule has 75 heavy (non-hydrogen) atoms. The van der Waals surface area contributed by atoms with Crippen molar-refractivity contribution in [3.05, 3.63) is 0 Å². The van der Waals surface area contributed by atoms with Crippen LogP contribution in [0.1, 0.15) is 0 Å². The molecule has 9 aromatic carbocycles. The molecule has 0 fully saturated rings. The van der Waals surface area contributed by atoms with E-state index in [0.717, 1.165) is 11.2 Å². The average molecular weight is 928 g/mol. The van der Waals surface area contributed by atoms with Crippen molar-refractivity contribution in [3.8, 4) is 33.4 Å². The van der Waals surface area contributed by atoms with E-state index in [1.54, 1.807) is 0 Å². The Labute approximate surface area is 472 Å². The van der Waals surface area contributed by atoms with Crippen LogP contribution >= 0.6 is 0 Å². The summed E-state index contributed by atoms with van der Waals surface area (Å²) >= 11 is 0. The lowest BCUT2D eigenvalue weighted by Gasteiger charge is -2.32. The minimum absolute atomic E-state index is 1.02. The third-order valence-corrected chi connectivity index (χ3v) is 21.8. The van der Waals surface area contributed by atoms with Crippen LogP contribution in [0.2, 0.25) is 0 Å². The molecule has 10 rings (SSSR count). The standard InChI is InChI=1S/C46H56B28O/c47-17-12(27(57)33(63)29(59)14(17)9-3-10-15(30(60)39(69)38(68)24(10)54)26(56)25(55)13(3)28(58)32(62)23(9)53)2-6-4(18(48)34(64)36(66)20(6)50)1(5-7(2)21(51)37(67)35(65)19(5)49)8-11-16-31(61)40(70)42(72)44(74)46(16)75-45(11)43(73)41(71)22(8)52/h47-74H2. The van der Waals surface area contributed by atoms with Crippen molar-refractivity contribution < 1.29 is 4.42 Å². The van der Waals surface area contributed by atoms with Gasteiger partial charge in [-0.1, -0.05) is 104 Å². The maximum atomic E-state index is 7.27. The van der Waals surface area contributed by atoms with E-state index in [9.17, 15) is 0 Å². The van der Waals surface area contributed by atoms with E-state index >= 15 is 0 Å². The lowest BCUT2D eigenvalue weighted by molar-refractivity contribution is 0.675. The predicted molar refractivity (Wildman–Crippen MR) is 429 cm³/mol. The van der Waals surface area contributed by atoms with E-state index in [1.807, 2.05) is 0 Å². The highest BCUT2D eigenvalue weighted by Crippen LogP contribution is 2.43. The topological polar surface area (TPSA) is 13.1 Å². The summed E-state index contributed by atoms with van der Waals surface area (Å²) in [4.78, 5) is 0. The Kier molecular flexibility index (Phi) is 13.0. The number of fused-ring (bicyclic) bond motifs is 8. The highest BCUT2D eigenvalue weighted by atomic mass is 16.3. The van der Waals surface area contributed by atoms with Crippen molar-refractivity contribution >= 4 is 438 Å². The molecule has 0 unspecified atom stereocenters. The maximum Gasteiger partial charge on any atom is 0.143 e. The van der Waals surface area contributed by atoms with Crippen LogP contribution in [0.5, 0.6) is 0 Å². The van der Waals surface area contributed by atoms with Crippen molar-refractivity contribution in [1.82, 2.24) is 0 Å². The summed E-state index contributed by atoms with van der Waals surface area (Å²) in [5.41, 5.74) is 48.5. The third-order valence-electron chi connectivity index (χ3n) is 21.8. The zero-order valence-electron chi connectivity index (χ0n) is 51.4. The Bertz CT molecular complexity index is 4360. The molecule has 1 heterocycles. The smallest absolute Gasteiger partial charge is 0.143 e. The van der Waals surface area contributed by atoms with Crippen molar-refractivity contribution in [2.24, 2.45) is 0 Å². The minimum atomic E-state index is 1.02. The van der Waals surface area contributed by atoms with Gasteiger partial charge in [0, 0.05) is 10.8 Å². The van der Waals surface area contributed by atoms with Gasteiger partial charge in [0.05, 0.1) is 0 Å². The van der Waals surface area contributed by atoms with Crippen LogP contribution in [0, 0.1) is 0 Å².